The highest BCUT2D eigenvalue weighted by Gasteiger charge is 2.26. The molecular formula is C17H20BrN3OS. The van der Waals surface area contributed by atoms with Crippen LogP contribution in [0.4, 0.5) is 4.79 Å². The van der Waals surface area contributed by atoms with E-state index in [0.29, 0.717) is 6.54 Å². The second-order valence-electron chi connectivity index (χ2n) is 5.73. The van der Waals surface area contributed by atoms with Gasteiger partial charge in [0.1, 0.15) is 0 Å². The molecule has 0 radical (unpaired) electrons. The van der Waals surface area contributed by atoms with Crippen LogP contribution in [0, 0.1) is 0 Å². The van der Waals surface area contributed by atoms with Gasteiger partial charge in [-0.1, -0.05) is 12.8 Å². The highest BCUT2D eigenvalue weighted by Crippen LogP contribution is 2.30. The molecule has 1 unspecified atom stereocenters. The molecule has 23 heavy (non-hydrogen) atoms. The fraction of sp³-hybridized carbons (Fsp3) is 0.412. The van der Waals surface area contributed by atoms with E-state index in [1.807, 2.05) is 28.5 Å². The van der Waals surface area contributed by atoms with Gasteiger partial charge in [-0.25, -0.2) is 4.79 Å². The largest absolute Gasteiger partial charge is 0.333 e. The van der Waals surface area contributed by atoms with Crippen molar-refractivity contribution >= 4 is 33.3 Å². The lowest BCUT2D eigenvalue weighted by Crippen LogP contribution is -2.41. The first kappa shape index (κ1) is 16.5. The number of halogens is 1. The van der Waals surface area contributed by atoms with Gasteiger partial charge in [0.15, 0.2) is 0 Å². The average molecular weight is 394 g/mol. The van der Waals surface area contributed by atoms with Crippen LogP contribution in [0.3, 0.4) is 0 Å². The number of urea groups is 1. The lowest BCUT2D eigenvalue weighted by atomic mass is 10.0. The van der Waals surface area contributed by atoms with Crippen LogP contribution >= 0.6 is 27.3 Å². The van der Waals surface area contributed by atoms with Crippen molar-refractivity contribution in [3.8, 4) is 0 Å². The first-order valence-corrected chi connectivity index (χ1v) is 9.58. The van der Waals surface area contributed by atoms with Gasteiger partial charge >= 0.3 is 6.03 Å². The second-order valence-corrected chi connectivity index (χ2v) is 7.64. The number of nitrogens with one attached hydrogen (secondary N) is 1. The summed E-state index contributed by atoms with van der Waals surface area (Å²) in [5.41, 5.74) is 1.18. The molecule has 0 aromatic carbocycles. The quantitative estimate of drug-likeness (QED) is 0.818. The second kappa shape index (κ2) is 7.93. The minimum absolute atomic E-state index is 0.0261. The van der Waals surface area contributed by atoms with Crippen molar-refractivity contribution in [1.82, 2.24) is 15.2 Å². The summed E-state index contributed by atoms with van der Waals surface area (Å²) in [5.74, 6) is 0. The van der Waals surface area contributed by atoms with Crippen molar-refractivity contribution < 1.29 is 4.79 Å². The number of likely N-dealkylation sites (tertiary alicyclic amines) is 1. The van der Waals surface area contributed by atoms with Crippen LogP contribution in [0.1, 0.15) is 42.2 Å². The zero-order chi connectivity index (χ0) is 16.1. The molecule has 2 aromatic heterocycles. The number of thiophene rings is 1. The Kier molecular flexibility index (Phi) is 5.67. The maximum Gasteiger partial charge on any atom is 0.318 e. The molecule has 1 fully saturated rings. The van der Waals surface area contributed by atoms with Crippen molar-refractivity contribution in [2.24, 2.45) is 0 Å². The third-order valence-electron chi connectivity index (χ3n) is 4.14. The third-order valence-corrected chi connectivity index (χ3v) is 5.84. The molecule has 0 aliphatic carbocycles. The molecular weight excluding hydrogens is 374 g/mol. The van der Waals surface area contributed by atoms with Crippen molar-refractivity contribution in [3.63, 3.8) is 0 Å². The minimum Gasteiger partial charge on any atom is -0.333 e. The smallest absolute Gasteiger partial charge is 0.318 e. The maximum atomic E-state index is 12.7. The molecule has 1 aliphatic rings. The van der Waals surface area contributed by atoms with Crippen molar-refractivity contribution in [3.05, 3.63) is 50.9 Å². The summed E-state index contributed by atoms with van der Waals surface area (Å²) in [4.78, 5) is 19.9. The summed E-state index contributed by atoms with van der Waals surface area (Å²) in [5, 5.41) is 5.11. The van der Waals surface area contributed by atoms with Crippen LogP contribution in [0.2, 0.25) is 0 Å². The van der Waals surface area contributed by atoms with Crippen LogP contribution in [0.25, 0.3) is 0 Å². The first-order valence-electron chi connectivity index (χ1n) is 7.91. The third kappa shape index (κ3) is 4.32. The molecule has 4 nitrogen and oxygen atoms in total. The standard InChI is InChI=1S/C17H20BrN3OS/c18-14-10-15(23-12-14)11-20-17(22)21-9-3-1-2-4-16(21)13-5-7-19-8-6-13/h5-8,10,12,16H,1-4,9,11H2,(H,20,22). The molecule has 3 rings (SSSR count). The molecule has 1 saturated heterocycles. The number of nitrogens with zero attached hydrogens (tertiary/aromatic N) is 2. The van der Waals surface area contributed by atoms with Crippen LogP contribution < -0.4 is 5.32 Å². The number of pyridine rings is 1. The Bertz CT molecular complexity index is 646. The van der Waals surface area contributed by atoms with E-state index in [-0.39, 0.29) is 12.1 Å². The van der Waals surface area contributed by atoms with Crippen LogP contribution in [-0.4, -0.2) is 22.5 Å². The van der Waals surface area contributed by atoms with E-state index in [2.05, 4.69) is 26.2 Å². The summed E-state index contributed by atoms with van der Waals surface area (Å²) in [7, 11) is 0. The van der Waals surface area contributed by atoms with Gasteiger partial charge in [0.05, 0.1) is 12.6 Å². The van der Waals surface area contributed by atoms with E-state index in [0.717, 1.165) is 35.2 Å². The molecule has 1 N–H and O–H groups in total. The van der Waals surface area contributed by atoms with Crippen LogP contribution in [-0.2, 0) is 6.54 Å². The monoisotopic (exact) mass is 393 g/mol. The topological polar surface area (TPSA) is 45.2 Å². The first-order chi connectivity index (χ1) is 11.2. The van der Waals surface area contributed by atoms with E-state index in [1.165, 1.54) is 12.0 Å². The molecule has 0 spiro atoms. The molecule has 6 heteroatoms. The Morgan fingerprint density at radius 1 is 1.35 bits per heavy atom. The molecule has 1 aliphatic heterocycles. The fourth-order valence-corrected chi connectivity index (χ4v) is 4.39. The number of hydrogen-bond donors (Lipinski definition) is 1. The Labute approximate surface area is 149 Å². The Morgan fingerprint density at radius 2 is 2.17 bits per heavy atom. The highest BCUT2D eigenvalue weighted by molar-refractivity contribution is 9.10. The summed E-state index contributed by atoms with van der Waals surface area (Å²) >= 11 is 5.10. The minimum atomic E-state index is 0.0261. The molecule has 2 aromatic rings. The highest BCUT2D eigenvalue weighted by atomic mass is 79.9. The van der Waals surface area contributed by atoms with Gasteiger partial charge in [-0.15, -0.1) is 11.3 Å². The number of carbonyl (C=O) groups is 1. The number of rotatable bonds is 3. The van der Waals surface area contributed by atoms with E-state index in [9.17, 15) is 4.79 Å². The normalized spacial score (nSPS) is 18.5. The molecule has 122 valence electrons. The molecule has 2 amide bonds. The molecule has 0 bridgehead atoms. The predicted molar refractivity (Wildman–Crippen MR) is 96.4 cm³/mol. The van der Waals surface area contributed by atoms with Gasteiger partial charge in [0.2, 0.25) is 0 Å². The van der Waals surface area contributed by atoms with E-state index in [4.69, 9.17) is 0 Å². The van der Waals surface area contributed by atoms with Crippen LogP contribution in [0.5, 0.6) is 0 Å². The van der Waals surface area contributed by atoms with Crippen molar-refractivity contribution in [1.29, 1.82) is 0 Å². The van der Waals surface area contributed by atoms with Gasteiger partial charge in [0.25, 0.3) is 0 Å². The number of hydrogen-bond acceptors (Lipinski definition) is 3. The maximum absolute atomic E-state index is 12.7. The van der Waals surface area contributed by atoms with Crippen molar-refractivity contribution in [2.75, 3.05) is 6.54 Å². The number of amides is 2. The van der Waals surface area contributed by atoms with E-state index < -0.39 is 0 Å². The van der Waals surface area contributed by atoms with Gasteiger partial charge in [-0.2, -0.15) is 0 Å². The van der Waals surface area contributed by atoms with Gasteiger partial charge in [-0.05, 0) is 52.5 Å². The summed E-state index contributed by atoms with van der Waals surface area (Å²) in [6, 6.07) is 6.27. The van der Waals surface area contributed by atoms with Crippen molar-refractivity contribution in [2.45, 2.75) is 38.3 Å². The molecule has 0 saturated carbocycles. The fourth-order valence-electron chi connectivity index (χ4n) is 2.99. The predicted octanol–water partition coefficient (Wildman–Crippen LogP) is 4.73. The zero-order valence-electron chi connectivity index (χ0n) is 12.9. The average Bonchev–Trinajstić information content (AvgIpc) is 2.85. The lowest BCUT2D eigenvalue weighted by molar-refractivity contribution is 0.175. The number of aromatic nitrogens is 1. The van der Waals surface area contributed by atoms with E-state index >= 15 is 0 Å². The van der Waals surface area contributed by atoms with Gasteiger partial charge in [-0.3, -0.25) is 4.98 Å². The van der Waals surface area contributed by atoms with Crippen LogP contribution in [0.15, 0.2) is 40.4 Å². The molecule has 3 heterocycles. The summed E-state index contributed by atoms with van der Waals surface area (Å²) < 4.78 is 1.07. The SMILES string of the molecule is O=C(NCc1cc(Br)cs1)N1CCCCCC1c1ccncc1. The van der Waals surface area contributed by atoms with Gasteiger partial charge < -0.3 is 10.2 Å². The summed E-state index contributed by atoms with van der Waals surface area (Å²) in [6.07, 6.45) is 8.04. The molecule has 1 atom stereocenters. The lowest BCUT2D eigenvalue weighted by Gasteiger charge is -2.30. The number of carbonyl (C=O) groups excluding carboxylic acids is 1. The van der Waals surface area contributed by atoms with Gasteiger partial charge in [0, 0.05) is 33.7 Å². The Morgan fingerprint density at radius 3 is 2.91 bits per heavy atom. The van der Waals surface area contributed by atoms with E-state index in [1.54, 1.807) is 23.7 Å². The summed E-state index contributed by atoms with van der Waals surface area (Å²) in [6.45, 7) is 1.39. The Balaban J connectivity index is 1.70. The Hall–Kier alpha value is -1.40. The zero-order valence-corrected chi connectivity index (χ0v) is 15.3.